The molecule has 0 spiro atoms. The molecule has 1 N–H and O–H groups in total. The number of hydrogen-bond acceptors (Lipinski definition) is 3. The van der Waals surface area contributed by atoms with Gasteiger partial charge in [-0.2, -0.15) is 0 Å². The predicted octanol–water partition coefficient (Wildman–Crippen LogP) is 2.80. The quantitative estimate of drug-likeness (QED) is 0.948. The lowest BCUT2D eigenvalue weighted by atomic mass is 10.2. The van der Waals surface area contributed by atoms with Gasteiger partial charge >= 0.3 is 6.03 Å². The van der Waals surface area contributed by atoms with Gasteiger partial charge in [0.1, 0.15) is 0 Å². The largest absolute Gasteiger partial charge is 0.329 e. The molecule has 0 aliphatic carbocycles. The maximum absolute atomic E-state index is 12.7. The van der Waals surface area contributed by atoms with Gasteiger partial charge in [-0.3, -0.25) is 19.6 Å². The summed E-state index contributed by atoms with van der Waals surface area (Å²) in [4.78, 5) is 31.5. The van der Waals surface area contributed by atoms with Gasteiger partial charge in [0.2, 0.25) is 5.91 Å². The van der Waals surface area contributed by atoms with Crippen LogP contribution >= 0.6 is 0 Å². The van der Waals surface area contributed by atoms with Crippen LogP contribution in [0.25, 0.3) is 0 Å². The average Bonchev–Trinajstić information content (AvgIpc) is 2.89. The Bertz CT molecular complexity index is 760. The summed E-state index contributed by atoms with van der Waals surface area (Å²) in [6.07, 6.45) is 3.43. The Balaban J connectivity index is 1.85. The third-order valence-electron chi connectivity index (χ3n) is 3.79. The lowest BCUT2D eigenvalue weighted by Crippen LogP contribution is -2.32. The Labute approximate surface area is 134 Å². The summed E-state index contributed by atoms with van der Waals surface area (Å²) in [5.41, 5.74) is 3.30. The predicted molar refractivity (Wildman–Crippen MR) is 89.8 cm³/mol. The van der Waals surface area contributed by atoms with Crippen LogP contribution in [0.1, 0.15) is 12.5 Å². The Morgan fingerprint density at radius 1 is 1.22 bits per heavy atom. The van der Waals surface area contributed by atoms with Gasteiger partial charge in [-0.15, -0.1) is 0 Å². The van der Waals surface area contributed by atoms with Crippen molar-refractivity contribution in [2.45, 2.75) is 13.8 Å². The fourth-order valence-electron chi connectivity index (χ4n) is 2.69. The molecule has 1 aromatic carbocycles. The number of carbonyl (C=O) groups is 2. The third kappa shape index (κ3) is 3.01. The van der Waals surface area contributed by atoms with Crippen LogP contribution in [0.3, 0.4) is 0 Å². The second kappa shape index (κ2) is 6.08. The van der Waals surface area contributed by atoms with E-state index in [0.29, 0.717) is 18.8 Å². The van der Waals surface area contributed by atoms with E-state index in [1.807, 2.05) is 25.1 Å². The highest BCUT2D eigenvalue weighted by Crippen LogP contribution is 2.28. The fourth-order valence-corrected chi connectivity index (χ4v) is 2.69. The smallest absolute Gasteiger partial charge is 0.326 e. The zero-order chi connectivity index (χ0) is 16.4. The first kappa shape index (κ1) is 15.0. The van der Waals surface area contributed by atoms with E-state index in [1.54, 1.807) is 34.3 Å². The van der Waals surface area contributed by atoms with Gasteiger partial charge in [0, 0.05) is 37.6 Å². The number of aryl methyl sites for hydroxylation is 1. The lowest BCUT2D eigenvalue weighted by Gasteiger charge is -2.20. The van der Waals surface area contributed by atoms with E-state index in [4.69, 9.17) is 0 Å². The number of aromatic nitrogens is 1. The highest BCUT2D eigenvalue weighted by Gasteiger charge is 2.31. The van der Waals surface area contributed by atoms with Gasteiger partial charge in [0.15, 0.2) is 0 Å². The van der Waals surface area contributed by atoms with Crippen LogP contribution < -0.4 is 15.1 Å². The van der Waals surface area contributed by atoms with Crippen molar-refractivity contribution >= 4 is 29.0 Å². The number of anilines is 3. The van der Waals surface area contributed by atoms with Crippen LogP contribution in [0.15, 0.2) is 42.7 Å². The Morgan fingerprint density at radius 3 is 2.74 bits per heavy atom. The molecule has 6 heteroatoms. The van der Waals surface area contributed by atoms with E-state index in [1.165, 1.54) is 6.92 Å². The highest BCUT2D eigenvalue weighted by atomic mass is 16.2. The van der Waals surface area contributed by atoms with Crippen LogP contribution in [0.5, 0.6) is 0 Å². The van der Waals surface area contributed by atoms with E-state index in [-0.39, 0.29) is 11.9 Å². The van der Waals surface area contributed by atoms with Gasteiger partial charge < -0.3 is 5.32 Å². The second-order valence-corrected chi connectivity index (χ2v) is 5.48. The number of nitrogens with zero attached hydrogens (tertiary/aromatic N) is 3. The lowest BCUT2D eigenvalue weighted by molar-refractivity contribution is -0.114. The van der Waals surface area contributed by atoms with Crippen molar-refractivity contribution in [3.05, 3.63) is 48.3 Å². The van der Waals surface area contributed by atoms with Gasteiger partial charge in [-0.05, 0) is 36.8 Å². The summed E-state index contributed by atoms with van der Waals surface area (Å²) in [5.74, 6) is -0.137. The minimum atomic E-state index is -0.137. The van der Waals surface area contributed by atoms with Crippen LogP contribution in [-0.2, 0) is 4.79 Å². The molecule has 1 fully saturated rings. The van der Waals surface area contributed by atoms with Crippen molar-refractivity contribution in [1.29, 1.82) is 0 Å². The highest BCUT2D eigenvalue weighted by molar-refractivity contribution is 6.06. The zero-order valence-corrected chi connectivity index (χ0v) is 13.1. The minimum Gasteiger partial charge on any atom is -0.326 e. The van der Waals surface area contributed by atoms with Crippen LogP contribution in [-0.4, -0.2) is 30.0 Å². The summed E-state index contributed by atoms with van der Waals surface area (Å²) < 4.78 is 0. The first-order chi connectivity index (χ1) is 11.1. The summed E-state index contributed by atoms with van der Waals surface area (Å²) in [5, 5.41) is 2.73. The number of nitrogens with one attached hydrogen (secondary N) is 1. The Morgan fingerprint density at radius 2 is 2.00 bits per heavy atom. The topological polar surface area (TPSA) is 65.5 Å². The molecule has 1 saturated heterocycles. The molecular weight excluding hydrogens is 292 g/mol. The van der Waals surface area contributed by atoms with Crippen molar-refractivity contribution < 1.29 is 9.59 Å². The summed E-state index contributed by atoms with van der Waals surface area (Å²) >= 11 is 0. The van der Waals surface area contributed by atoms with Crippen molar-refractivity contribution in [2.24, 2.45) is 0 Å². The molecular formula is C17H18N4O2. The SMILES string of the molecule is CC(=O)Nc1cccc(N2CCN(c3cnccc3C)C2=O)c1. The Hall–Kier alpha value is -2.89. The molecule has 3 amide bonds. The van der Waals surface area contributed by atoms with Gasteiger partial charge in [0.25, 0.3) is 0 Å². The van der Waals surface area contributed by atoms with Crippen molar-refractivity contribution in [3.8, 4) is 0 Å². The zero-order valence-electron chi connectivity index (χ0n) is 13.1. The molecule has 0 saturated carbocycles. The second-order valence-electron chi connectivity index (χ2n) is 5.48. The first-order valence-corrected chi connectivity index (χ1v) is 7.43. The van der Waals surface area contributed by atoms with Crippen LogP contribution in [0, 0.1) is 6.92 Å². The van der Waals surface area contributed by atoms with E-state index >= 15 is 0 Å². The minimum absolute atomic E-state index is 0.0823. The molecule has 1 aromatic heterocycles. The average molecular weight is 310 g/mol. The van der Waals surface area contributed by atoms with Gasteiger partial charge in [0.05, 0.1) is 11.9 Å². The molecule has 3 rings (SSSR count). The molecule has 2 heterocycles. The fraction of sp³-hybridized carbons (Fsp3) is 0.235. The van der Waals surface area contributed by atoms with E-state index < -0.39 is 0 Å². The Kier molecular flexibility index (Phi) is 3.97. The van der Waals surface area contributed by atoms with E-state index in [2.05, 4.69) is 10.3 Å². The van der Waals surface area contributed by atoms with Gasteiger partial charge in [-0.1, -0.05) is 6.07 Å². The number of pyridine rings is 1. The molecule has 1 aliphatic rings. The first-order valence-electron chi connectivity index (χ1n) is 7.43. The number of hydrogen-bond donors (Lipinski definition) is 1. The molecule has 2 aromatic rings. The van der Waals surface area contributed by atoms with Crippen molar-refractivity contribution in [2.75, 3.05) is 28.2 Å². The third-order valence-corrected chi connectivity index (χ3v) is 3.79. The maximum Gasteiger partial charge on any atom is 0.329 e. The van der Waals surface area contributed by atoms with E-state index in [9.17, 15) is 9.59 Å². The number of carbonyl (C=O) groups excluding carboxylic acids is 2. The summed E-state index contributed by atoms with van der Waals surface area (Å²) in [7, 11) is 0. The molecule has 0 atom stereocenters. The van der Waals surface area contributed by atoms with E-state index in [0.717, 1.165) is 16.9 Å². The van der Waals surface area contributed by atoms with Crippen molar-refractivity contribution in [1.82, 2.24) is 4.98 Å². The molecule has 6 nitrogen and oxygen atoms in total. The number of rotatable bonds is 3. The number of benzene rings is 1. The van der Waals surface area contributed by atoms with Crippen molar-refractivity contribution in [3.63, 3.8) is 0 Å². The molecule has 1 aliphatic heterocycles. The normalized spacial score (nSPS) is 14.3. The summed E-state index contributed by atoms with van der Waals surface area (Å²) in [6, 6.07) is 9.10. The van der Waals surface area contributed by atoms with Crippen LogP contribution in [0.2, 0.25) is 0 Å². The molecule has 118 valence electrons. The maximum atomic E-state index is 12.7. The monoisotopic (exact) mass is 310 g/mol. The molecule has 23 heavy (non-hydrogen) atoms. The summed E-state index contributed by atoms with van der Waals surface area (Å²) in [6.45, 7) is 4.62. The number of amides is 3. The molecule has 0 radical (unpaired) electrons. The van der Waals surface area contributed by atoms with Gasteiger partial charge in [-0.25, -0.2) is 4.79 Å². The molecule has 0 unspecified atom stereocenters. The van der Waals surface area contributed by atoms with Crippen LogP contribution in [0.4, 0.5) is 21.9 Å². The number of urea groups is 1. The molecule has 0 bridgehead atoms. The standard InChI is InChI=1S/C17H18N4O2/c1-12-6-7-18-11-16(12)21-9-8-20(17(21)23)15-5-3-4-14(10-15)19-13(2)22/h3-7,10-11H,8-9H2,1-2H3,(H,19,22).